The van der Waals surface area contributed by atoms with Gasteiger partial charge in [0.25, 0.3) is 0 Å². The first-order chi connectivity index (χ1) is 9.55. The summed E-state index contributed by atoms with van der Waals surface area (Å²) in [5, 5.41) is 0. The van der Waals surface area contributed by atoms with E-state index in [4.69, 9.17) is 0 Å². The van der Waals surface area contributed by atoms with Crippen LogP contribution in [0.1, 0.15) is 87.5 Å². The van der Waals surface area contributed by atoms with Crippen molar-refractivity contribution in [2.24, 2.45) is 0 Å². The van der Waals surface area contributed by atoms with Crippen LogP contribution in [0, 0.1) is 0 Å². The predicted octanol–water partition coefficient (Wildman–Crippen LogP) is 5.99. The zero-order chi connectivity index (χ0) is 14.2. The van der Waals surface area contributed by atoms with Gasteiger partial charge in [0.1, 0.15) is 0 Å². The van der Waals surface area contributed by atoms with Gasteiger partial charge < -0.3 is 0 Å². The normalized spacial score (nSPS) is 19.9. The summed E-state index contributed by atoms with van der Waals surface area (Å²) in [4.78, 5) is 0. The summed E-state index contributed by atoms with van der Waals surface area (Å²) in [5.74, 6) is 0.825. The van der Waals surface area contributed by atoms with E-state index in [2.05, 4.69) is 45.1 Å². The van der Waals surface area contributed by atoms with E-state index >= 15 is 0 Å². The Balaban J connectivity index is 2.08. The molecule has 0 unspecified atom stereocenters. The summed E-state index contributed by atoms with van der Waals surface area (Å²) in [6.07, 6.45) is 14.3. The number of hydrogen-bond acceptors (Lipinski definition) is 0. The molecule has 0 aromatic heterocycles. The van der Waals surface area contributed by atoms with Crippen LogP contribution >= 0.6 is 0 Å². The van der Waals surface area contributed by atoms with E-state index in [1.165, 1.54) is 56.1 Å². The molecular formula is C20H28. The van der Waals surface area contributed by atoms with E-state index in [1.54, 1.807) is 11.1 Å². The first kappa shape index (κ1) is 13.9. The number of fused-ring (bicyclic) bond motifs is 1. The van der Waals surface area contributed by atoms with E-state index in [9.17, 15) is 0 Å². The molecule has 3 rings (SSSR count). The van der Waals surface area contributed by atoms with Crippen molar-refractivity contribution in [3.05, 3.63) is 40.5 Å². The van der Waals surface area contributed by atoms with Crippen molar-refractivity contribution < 1.29 is 0 Å². The Labute approximate surface area is 124 Å². The SMILES string of the molecule is CC(C)(C)c1cc2c(c(C3CCCCC3)c1)CCC=C2. The van der Waals surface area contributed by atoms with Crippen LogP contribution < -0.4 is 0 Å². The summed E-state index contributed by atoms with van der Waals surface area (Å²) in [7, 11) is 0. The van der Waals surface area contributed by atoms with Crippen LogP contribution in [-0.4, -0.2) is 0 Å². The second-order valence-corrected chi connectivity index (χ2v) is 7.66. The van der Waals surface area contributed by atoms with Gasteiger partial charge in [0.2, 0.25) is 0 Å². The van der Waals surface area contributed by atoms with E-state index in [0.717, 1.165) is 5.92 Å². The smallest absolute Gasteiger partial charge is 0.0132 e. The maximum absolute atomic E-state index is 2.55. The van der Waals surface area contributed by atoms with Gasteiger partial charge in [0.05, 0.1) is 0 Å². The molecule has 0 bridgehead atoms. The molecule has 108 valence electrons. The van der Waals surface area contributed by atoms with Gasteiger partial charge in [0, 0.05) is 0 Å². The second kappa shape index (κ2) is 5.39. The summed E-state index contributed by atoms with van der Waals surface area (Å²) in [6, 6.07) is 4.99. The third kappa shape index (κ3) is 2.71. The van der Waals surface area contributed by atoms with Crippen molar-refractivity contribution in [3.63, 3.8) is 0 Å². The van der Waals surface area contributed by atoms with Crippen LogP contribution in [0.3, 0.4) is 0 Å². The summed E-state index contributed by atoms with van der Waals surface area (Å²) < 4.78 is 0. The third-order valence-corrected chi connectivity index (χ3v) is 5.09. The number of hydrogen-bond donors (Lipinski definition) is 0. The topological polar surface area (TPSA) is 0 Å². The number of benzene rings is 1. The highest BCUT2D eigenvalue weighted by Gasteiger charge is 2.24. The Morgan fingerprint density at radius 3 is 2.45 bits per heavy atom. The highest BCUT2D eigenvalue weighted by atomic mass is 14.3. The van der Waals surface area contributed by atoms with E-state index < -0.39 is 0 Å². The average molecular weight is 268 g/mol. The molecule has 0 atom stereocenters. The largest absolute Gasteiger partial charge is 0.0836 e. The molecule has 0 amide bonds. The minimum Gasteiger partial charge on any atom is -0.0836 e. The molecular weight excluding hydrogens is 240 g/mol. The van der Waals surface area contributed by atoms with Gasteiger partial charge in [-0.2, -0.15) is 0 Å². The molecule has 1 fully saturated rings. The van der Waals surface area contributed by atoms with Gasteiger partial charge in [-0.05, 0) is 59.3 Å². The fourth-order valence-electron chi connectivity index (χ4n) is 3.80. The molecule has 0 saturated heterocycles. The highest BCUT2D eigenvalue weighted by Crippen LogP contribution is 2.39. The van der Waals surface area contributed by atoms with Crippen LogP contribution in [0.25, 0.3) is 6.08 Å². The Morgan fingerprint density at radius 2 is 1.75 bits per heavy atom. The van der Waals surface area contributed by atoms with Crippen molar-refractivity contribution in [1.82, 2.24) is 0 Å². The van der Waals surface area contributed by atoms with E-state index in [-0.39, 0.29) is 5.41 Å². The van der Waals surface area contributed by atoms with Gasteiger partial charge in [-0.1, -0.05) is 64.3 Å². The molecule has 0 heteroatoms. The quantitative estimate of drug-likeness (QED) is 0.586. The second-order valence-electron chi connectivity index (χ2n) is 7.66. The zero-order valence-electron chi connectivity index (χ0n) is 13.3. The molecule has 20 heavy (non-hydrogen) atoms. The van der Waals surface area contributed by atoms with Crippen LogP contribution in [0.2, 0.25) is 0 Å². The minimum absolute atomic E-state index is 0.254. The predicted molar refractivity (Wildman–Crippen MR) is 88.3 cm³/mol. The lowest BCUT2D eigenvalue weighted by molar-refractivity contribution is 0.440. The summed E-state index contributed by atoms with van der Waals surface area (Å²) in [5.41, 5.74) is 6.63. The number of rotatable bonds is 1. The molecule has 1 saturated carbocycles. The van der Waals surface area contributed by atoms with Crippen molar-refractivity contribution in [2.75, 3.05) is 0 Å². The van der Waals surface area contributed by atoms with Crippen molar-refractivity contribution in [2.45, 2.75) is 77.0 Å². The lowest BCUT2D eigenvalue weighted by atomic mass is 9.75. The Hall–Kier alpha value is -1.04. The van der Waals surface area contributed by atoms with Crippen LogP contribution in [0.4, 0.5) is 0 Å². The maximum Gasteiger partial charge on any atom is -0.0132 e. The average Bonchev–Trinajstić information content (AvgIpc) is 2.46. The van der Waals surface area contributed by atoms with Gasteiger partial charge in [-0.25, -0.2) is 0 Å². The van der Waals surface area contributed by atoms with Crippen LogP contribution in [0.15, 0.2) is 18.2 Å². The van der Waals surface area contributed by atoms with Gasteiger partial charge >= 0.3 is 0 Å². The molecule has 0 radical (unpaired) electrons. The van der Waals surface area contributed by atoms with Crippen molar-refractivity contribution in [1.29, 1.82) is 0 Å². The van der Waals surface area contributed by atoms with Crippen LogP contribution in [0.5, 0.6) is 0 Å². The Kier molecular flexibility index (Phi) is 3.75. The standard InChI is InChI=1S/C20H28/c1-20(2,3)17-13-16-11-7-8-12-18(16)19(14-17)15-9-5-4-6-10-15/h7,11,13-15H,4-6,8-10,12H2,1-3H3. The lowest BCUT2D eigenvalue weighted by Crippen LogP contribution is -2.16. The maximum atomic E-state index is 2.55. The van der Waals surface area contributed by atoms with Crippen molar-refractivity contribution >= 4 is 6.08 Å². The molecule has 0 aliphatic heterocycles. The monoisotopic (exact) mass is 268 g/mol. The molecule has 0 nitrogen and oxygen atoms in total. The summed E-state index contributed by atoms with van der Waals surface area (Å²) >= 11 is 0. The first-order valence-corrected chi connectivity index (χ1v) is 8.39. The molecule has 0 spiro atoms. The fourth-order valence-corrected chi connectivity index (χ4v) is 3.80. The summed E-state index contributed by atoms with van der Waals surface area (Å²) in [6.45, 7) is 7.02. The molecule has 2 aliphatic rings. The third-order valence-electron chi connectivity index (χ3n) is 5.09. The zero-order valence-corrected chi connectivity index (χ0v) is 13.3. The van der Waals surface area contributed by atoms with Crippen LogP contribution in [-0.2, 0) is 11.8 Å². The first-order valence-electron chi connectivity index (χ1n) is 8.39. The Morgan fingerprint density at radius 1 is 1.00 bits per heavy atom. The minimum atomic E-state index is 0.254. The molecule has 1 aromatic carbocycles. The molecule has 2 aliphatic carbocycles. The number of allylic oxidation sites excluding steroid dienone is 1. The molecule has 0 heterocycles. The Bertz CT molecular complexity index is 508. The lowest BCUT2D eigenvalue weighted by Gasteiger charge is -2.30. The van der Waals surface area contributed by atoms with Gasteiger partial charge in [-0.3, -0.25) is 0 Å². The highest BCUT2D eigenvalue weighted by molar-refractivity contribution is 5.61. The van der Waals surface area contributed by atoms with Gasteiger partial charge in [0.15, 0.2) is 0 Å². The fraction of sp³-hybridized carbons (Fsp3) is 0.600. The molecule has 0 N–H and O–H groups in total. The van der Waals surface area contributed by atoms with E-state index in [0.29, 0.717) is 0 Å². The molecule has 1 aromatic rings. The van der Waals surface area contributed by atoms with Gasteiger partial charge in [-0.15, -0.1) is 0 Å². The van der Waals surface area contributed by atoms with Crippen molar-refractivity contribution in [3.8, 4) is 0 Å². The van der Waals surface area contributed by atoms with E-state index in [1.807, 2.05) is 0 Å².